The van der Waals surface area contributed by atoms with Crippen LogP contribution in [0.4, 0.5) is 0 Å². The zero-order chi connectivity index (χ0) is 13.7. The number of hydrogen-bond donors (Lipinski definition) is 0. The van der Waals surface area contributed by atoms with Gasteiger partial charge in [-0.1, -0.05) is 27.7 Å². The van der Waals surface area contributed by atoms with Crippen molar-refractivity contribution in [2.45, 2.75) is 40.0 Å². The van der Waals surface area contributed by atoms with Crippen molar-refractivity contribution in [3.05, 3.63) is 23.8 Å². The van der Waals surface area contributed by atoms with E-state index in [1.54, 1.807) is 6.20 Å². The van der Waals surface area contributed by atoms with E-state index < -0.39 is 0 Å². The average Bonchev–Trinajstić information content (AvgIpc) is 2.28. The third kappa shape index (κ3) is 3.79. The molecule has 0 aliphatic heterocycles. The highest BCUT2D eigenvalue weighted by molar-refractivity contribution is 5.77. The topological polar surface area (TPSA) is 52.1 Å². The Kier molecular flexibility index (Phi) is 5.25. The predicted molar refractivity (Wildman–Crippen MR) is 70.2 cm³/mol. The van der Waals surface area contributed by atoms with Crippen molar-refractivity contribution in [2.75, 3.05) is 7.11 Å². The third-order valence-electron chi connectivity index (χ3n) is 2.75. The van der Waals surface area contributed by atoms with Gasteiger partial charge in [-0.15, -0.1) is 0 Å². The van der Waals surface area contributed by atoms with Crippen LogP contribution in [0.25, 0.3) is 0 Å². The van der Waals surface area contributed by atoms with E-state index in [1.807, 2.05) is 19.9 Å². The molecule has 100 valence electrons. The van der Waals surface area contributed by atoms with Gasteiger partial charge in [-0.3, -0.25) is 4.79 Å². The SMILES string of the molecule is COC(=O)C(c1nccc(CC(C)C)n1)C(C)C. The van der Waals surface area contributed by atoms with Crippen LogP contribution in [-0.4, -0.2) is 23.0 Å². The molecule has 4 nitrogen and oxygen atoms in total. The fourth-order valence-electron chi connectivity index (χ4n) is 1.90. The molecular formula is C14H22N2O2. The Morgan fingerprint density at radius 1 is 1.33 bits per heavy atom. The van der Waals surface area contributed by atoms with E-state index >= 15 is 0 Å². The zero-order valence-corrected chi connectivity index (χ0v) is 11.8. The first-order valence-corrected chi connectivity index (χ1v) is 6.35. The van der Waals surface area contributed by atoms with Gasteiger partial charge in [-0.25, -0.2) is 9.97 Å². The quantitative estimate of drug-likeness (QED) is 0.754. The monoisotopic (exact) mass is 250 g/mol. The number of nitrogens with zero attached hydrogens (tertiary/aromatic N) is 2. The number of methoxy groups -OCH3 is 1. The van der Waals surface area contributed by atoms with Gasteiger partial charge in [0.1, 0.15) is 11.7 Å². The number of carbonyl (C=O) groups excluding carboxylic acids is 1. The fourth-order valence-corrected chi connectivity index (χ4v) is 1.90. The van der Waals surface area contributed by atoms with Gasteiger partial charge < -0.3 is 4.74 Å². The Bertz CT molecular complexity index is 403. The number of aromatic nitrogens is 2. The number of ether oxygens (including phenoxy) is 1. The van der Waals surface area contributed by atoms with Crippen LogP contribution in [0, 0.1) is 11.8 Å². The molecule has 0 spiro atoms. The molecule has 0 saturated carbocycles. The minimum absolute atomic E-state index is 0.117. The molecule has 1 unspecified atom stereocenters. The van der Waals surface area contributed by atoms with Crippen molar-refractivity contribution < 1.29 is 9.53 Å². The van der Waals surface area contributed by atoms with Crippen molar-refractivity contribution in [2.24, 2.45) is 11.8 Å². The average molecular weight is 250 g/mol. The molecular weight excluding hydrogens is 228 g/mol. The van der Waals surface area contributed by atoms with Crippen molar-refractivity contribution in [1.29, 1.82) is 0 Å². The molecule has 1 atom stereocenters. The van der Waals surface area contributed by atoms with Gasteiger partial charge in [0.2, 0.25) is 0 Å². The van der Waals surface area contributed by atoms with Crippen molar-refractivity contribution in [3.63, 3.8) is 0 Å². The molecule has 0 amide bonds. The second-order valence-electron chi connectivity index (χ2n) is 5.25. The number of rotatable bonds is 5. The van der Waals surface area contributed by atoms with E-state index in [2.05, 4.69) is 23.8 Å². The first kappa shape index (κ1) is 14.6. The molecule has 18 heavy (non-hydrogen) atoms. The van der Waals surface area contributed by atoms with Crippen LogP contribution >= 0.6 is 0 Å². The lowest BCUT2D eigenvalue weighted by Gasteiger charge is -2.17. The summed E-state index contributed by atoms with van der Waals surface area (Å²) in [6.45, 7) is 8.23. The largest absolute Gasteiger partial charge is 0.468 e. The maximum Gasteiger partial charge on any atom is 0.316 e. The third-order valence-corrected chi connectivity index (χ3v) is 2.75. The van der Waals surface area contributed by atoms with Gasteiger partial charge in [0.05, 0.1) is 7.11 Å². The summed E-state index contributed by atoms with van der Waals surface area (Å²) in [4.78, 5) is 20.5. The molecule has 1 aromatic rings. The molecule has 0 N–H and O–H groups in total. The number of carbonyl (C=O) groups is 1. The molecule has 1 aromatic heterocycles. The van der Waals surface area contributed by atoms with E-state index in [-0.39, 0.29) is 17.8 Å². The van der Waals surface area contributed by atoms with Crippen LogP contribution in [0.1, 0.15) is 45.1 Å². The van der Waals surface area contributed by atoms with Crippen LogP contribution < -0.4 is 0 Å². The Hall–Kier alpha value is -1.45. The van der Waals surface area contributed by atoms with Crippen LogP contribution in [0.2, 0.25) is 0 Å². The summed E-state index contributed by atoms with van der Waals surface area (Å²) >= 11 is 0. The highest BCUT2D eigenvalue weighted by Gasteiger charge is 2.27. The van der Waals surface area contributed by atoms with E-state index in [9.17, 15) is 4.79 Å². The molecule has 1 rings (SSSR count). The Morgan fingerprint density at radius 2 is 2.00 bits per heavy atom. The van der Waals surface area contributed by atoms with E-state index in [4.69, 9.17) is 4.74 Å². The molecule has 4 heteroatoms. The van der Waals surface area contributed by atoms with Crippen molar-refractivity contribution in [3.8, 4) is 0 Å². The summed E-state index contributed by atoms with van der Waals surface area (Å²) in [5, 5.41) is 0. The molecule has 0 aliphatic rings. The van der Waals surface area contributed by atoms with Crippen molar-refractivity contribution in [1.82, 2.24) is 9.97 Å². The summed E-state index contributed by atoms with van der Waals surface area (Å²) in [6.07, 6.45) is 2.61. The van der Waals surface area contributed by atoms with Crippen LogP contribution in [0.15, 0.2) is 12.3 Å². The lowest BCUT2D eigenvalue weighted by Crippen LogP contribution is -2.22. The van der Waals surface area contributed by atoms with E-state index in [0.717, 1.165) is 12.1 Å². The predicted octanol–water partition coefficient (Wildman–Crippen LogP) is 2.59. The van der Waals surface area contributed by atoms with Gasteiger partial charge in [-0.05, 0) is 24.3 Å². The van der Waals surface area contributed by atoms with Gasteiger partial charge in [-0.2, -0.15) is 0 Å². The van der Waals surface area contributed by atoms with Crippen LogP contribution in [0.3, 0.4) is 0 Å². The number of esters is 1. The second kappa shape index (κ2) is 6.47. The summed E-state index contributed by atoms with van der Waals surface area (Å²) < 4.78 is 4.83. The van der Waals surface area contributed by atoms with E-state index in [0.29, 0.717) is 11.7 Å². The van der Waals surface area contributed by atoms with Gasteiger partial charge >= 0.3 is 5.97 Å². The lowest BCUT2D eigenvalue weighted by atomic mass is 9.95. The highest BCUT2D eigenvalue weighted by Crippen LogP contribution is 2.23. The van der Waals surface area contributed by atoms with Gasteiger partial charge in [0.15, 0.2) is 0 Å². The molecule has 0 fully saturated rings. The van der Waals surface area contributed by atoms with Gasteiger partial charge in [0, 0.05) is 11.9 Å². The first-order chi connectivity index (χ1) is 8.45. The fraction of sp³-hybridized carbons (Fsp3) is 0.643. The smallest absolute Gasteiger partial charge is 0.316 e. The number of hydrogen-bond acceptors (Lipinski definition) is 4. The second-order valence-corrected chi connectivity index (χ2v) is 5.25. The molecule has 0 bridgehead atoms. The van der Waals surface area contributed by atoms with Crippen LogP contribution in [-0.2, 0) is 16.0 Å². The summed E-state index contributed by atoms with van der Waals surface area (Å²) in [7, 11) is 1.40. The summed E-state index contributed by atoms with van der Waals surface area (Å²) in [6, 6.07) is 1.90. The summed E-state index contributed by atoms with van der Waals surface area (Å²) in [5.41, 5.74) is 0.976. The standard InChI is InChI=1S/C14H22N2O2/c1-9(2)8-11-6-7-15-13(16-11)12(10(3)4)14(17)18-5/h6-7,9-10,12H,8H2,1-5H3. The molecule has 0 aromatic carbocycles. The van der Waals surface area contributed by atoms with Gasteiger partial charge in [0.25, 0.3) is 0 Å². The minimum Gasteiger partial charge on any atom is -0.468 e. The Balaban J connectivity index is 3.02. The minimum atomic E-state index is -0.387. The Labute approximate surface area is 109 Å². The normalized spacial score (nSPS) is 12.8. The van der Waals surface area contributed by atoms with Crippen molar-refractivity contribution >= 4 is 5.97 Å². The summed E-state index contributed by atoms with van der Waals surface area (Å²) in [5.74, 6) is 0.555. The molecule has 1 heterocycles. The maximum absolute atomic E-state index is 11.8. The van der Waals surface area contributed by atoms with E-state index in [1.165, 1.54) is 7.11 Å². The maximum atomic E-state index is 11.8. The Morgan fingerprint density at radius 3 is 2.50 bits per heavy atom. The van der Waals surface area contributed by atoms with Crippen LogP contribution in [0.5, 0.6) is 0 Å². The molecule has 0 aliphatic carbocycles. The highest BCUT2D eigenvalue weighted by atomic mass is 16.5. The zero-order valence-electron chi connectivity index (χ0n) is 11.8. The lowest BCUT2D eigenvalue weighted by molar-refractivity contribution is -0.143. The first-order valence-electron chi connectivity index (χ1n) is 6.35. The molecule has 0 radical (unpaired) electrons. The molecule has 0 saturated heterocycles.